The highest BCUT2D eigenvalue weighted by molar-refractivity contribution is 5.80. The average molecular weight is 392 g/mol. The number of carbonyl (C=O) groups excluding carboxylic acids is 2. The Labute approximate surface area is 167 Å². The Morgan fingerprint density at radius 1 is 1.25 bits per heavy atom. The molecule has 1 aliphatic rings. The van der Waals surface area contributed by atoms with E-state index < -0.39 is 0 Å². The Hall–Kier alpha value is -2.22. The molecule has 1 atom stereocenters. The van der Waals surface area contributed by atoms with Crippen LogP contribution in [0.3, 0.4) is 0 Å². The van der Waals surface area contributed by atoms with Gasteiger partial charge >= 0.3 is 0 Å². The molecular formula is C20H33N5O3. The Morgan fingerprint density at radius 3 is 2.46 bits per heavy atom. The number of aromatic nitrogens is 2. The largest absolute Gasteiger partial charge is 0.369 e. The molecule has 0 bridgehead atoms. The summed E-state index contributed by atoms with van der Waals surface area (Å²) in [6, 6.07) is 2.12. The Bertz CT molecular complexity index is 705. The molecule has 2 amide bonds. The van der Waals surface area contributed by atoms with Crippen molar-refractivity contribution >= 4 is 17.6 Å². The van der Waals surface area contributed by atoms with Gasteiger partial charge in [-0.15, -0.1) is 0 Å². The summed E-state index contributed by atoms with van der Waals surface area (Å²) in [6.45, 7) is 8.84. The zero-order chi connectivity index (χ0) is 21.0. The fourth-order valence-electron chi connectivity index (χ4n) is 3.09. The SMILES string of the molecule is CC(C)OCC(=O)N(C)Cc1nc(C2CC(=O)N(C(C)C)C2)cc(N(C)C)n1. The lowest BCUT2D eigenvalue weighted by Crippen LogP contribution is -2.32. The summed E-state index contributed by atoms with van der Waals surface area (Å²) in [5, 5.41) is 0. The third kappa shape index (κ3) is 5.64. The monoisotopic (exact) mass is 391 g/mol. The summed E-state index contributed by atoms with van der Waals surface area (Å²) in [5.74, 6) is 1.42. The number of likely N-dealkylation sites (tertiary alicyclic amines) is 1. The van der Waals surface area contributed by atoms with Gasteiger partial charge in [0.25, 0.3) is 0 Å². The average Bonchev–Trinajstić information content (AvgIpc) is 3.01. The highest BCUT2D eigenvalue weighted by Gasteiger charge is 2.33. The van der Waals surface area contributed by atoms with Gasteiger partial charge in [0.1, 0.15) is 18.2 Å². The van der Waals surface area contributed by atoms with E-state index in [1.54, 1.807) is 11.9 Å². The molecule has 1 unspecified atom stereocenters. The molecule has 2 rings (SSSR count). The van der Waals surface area contributed by atoms with Crippen LogP contribution in [0.15, 0.2) is 6.07 Å². The van der Waals surface area contributed by atoms with Crippen LogP contribution < -0.4 is 4.90 Å². The molecule has 0 aliphatic carbocycles. The molecule has 0 N–H and O–H groups in total. The molecule has 8 nitrogen and oxygen atoms in total. The van der Waals surface area contributed by atoms with Crippen molar-refractivity contribution in [3.05, 3.63) is 17.6 Å². The fourth-order valence-corrected chi connectivity index (χ4v) is 3.09. The summed E-state index contributed by atoms with van der Waals surface area (Å²) >= 11 is 0. The van der Waals surface area contributed by atoms with Gasteiger partial charge in [-0.25, -0.2) is 9.97 Å². The van der Waals surface area contributed by atoms with Crippen LogP contribution in [-0.2, 0) is 20.9 Å². The first-order valence-electron chi connectivity index (χ1n) is 9.78. The zero-order valence-electron chi connectivity index (χ0n) is 18.1. The quantitative estimate of drug-likeness (QED) is 0.670. The minimum absolute atomic E-state index is 0.000998. The molecule has 8 heteroatoms. The third-order valence-corrected chi connectivity index (χ3v) is 4.78. The van der Waals surface area contributed by atoms with E-state index in [9.17, 15) is 9.59 Å². The molecular weight excluding hydrogens is 358 g/mol. The van der Waals surface area contributed by atoms with Crippen LogP contribution in [0.1, 0.15) is 51.6 Å². The first kappa shape index (κ1) is 22.1. The van der Waals surface area contributed by atoms with Crippen molar-refractivity contribution < 1.29 is 14.3 Å². The third-order valence-electron chi connectivity index (χ3n) is 4.78. The maximum Gasteiger partial charge on any atom is 0.248 e. The van der Waals surface area contributed by atoms with Crippen molar-refractivity contribution in [1.29, 1.82) is 0 Å². The van der Waals surface area contributed by atoms with Gasteiger partial charge in [0.05, 0.1) is 18.3 Å². The first-order valence-corrected chi connectivity index (χ1v) is 9.78. The molecule has 0 saturated carbocycles. The first-order chi connectivity index (χ1) is 13.1. The van der Waals surface area contributed by atoms with Gasteiger partial charge in [0, 0.05) is 52.1 Å². The van der Waals surface area contributed by atoms with Crippen LogP contribution in [-0.4, -0.2) is 78.0 Å². The number of likely N-dealkylation sites (N-methyl/N-ethyl adjacent to an activating group) is 1. The van der Waals surface area contributed by atoms with Crippen molar-refractivity contribution in [2.45, 2.75) is 58.7 Å². The number of amides is 2. The normalized spacial score (nSPS) is 17.0. The van der Waals surface area contributed by atoms with Crippen molar-refractivity contribution in [2.75, 3.05) is 39.2 Å². The minimum atomic E-state index is -0.115. The highest BCUT2D eigenvalue weighted by atomic mass is 16.5. The van der Waals surface area contributed by atoms with Crippen LogP contribution >= 0.6 is 0 Å². The van der Waals surface area contributed by atoms with Crippen LogP contribution in [0.5, 0.6) is 0 Å². The summed E-state index contributed by atoms with van der Waals surface area (Å²) in [5.41, 5.74) is 0.851. The number of nitrogens with zero attached hydrogens (tertiary/aromatic N) is 5. The number of anilines is 1. The molecule has 1 aromatic rings. The Kier molecular flexibility index (Phi) is 7.35. The summed E-state index contributed by atoms with van der Waals surface area (Å²) in [7, 11) is 5.56. The summed E-state index contributed by atoms with van der Waals surface area (Å²) in [6.07, 6.45) is 0.458. The predicted molar refractivity (Wildman–Crippen MR) is 108 cm³/mol. The Balaban J connectivity index is 2.19. The van der Waals surface area contributed by atoms with E-state index in [0.717, 1.165) is 11.5 Å². The van der Waals surface area contributed by atoms with Gasteiger partial charge in [-0.3, -0.25) is 9.59 Å². The second-order valence-corrected chi connectivity index (χ2v) is 8.11. The second-order valence-electron chi connectivity index (χ2n) is 8.11. The topological polar surface area (TPSA) is 78.9 Å². The molecule has 28 heavy (non-hydrogen) atoms. The molecule has 2 heterocycles. The second kappa shape index (κ2) is 9.32. The van der Waals surface area contributed by atoms with E-state index in [0.29, 0.717) is 25.3 Å². The standard InChI is InChI=1S/C20H33N5O3/c1-13(2)25-10-15(8-19(25)26)16-9-18(23(5)6)22-17(21-16)11-24(7)20(27)12-28-14(3)4/h9,13-15H,8,10-12H2,1-7H3. The van der Waals surface area contributed by atoms with Gasteiger partial charge in [-0.05, 0) is 27.7 Å². The molecule has 0 aromatic carbocycles. The Morgan fingerprint density at radius 2 is 1.93 bits per heavy atom. The smallest absolute Gasteiger partial charge is 0.248 e. The van der Waals surface area contributed by atoms with Crippen LogP contribution in [0.2, 0.25) is 0 Å². The van der Waals surface area contributed by atoms with E-state index in [1.165, 1.54) is 0 Å². The van der Waals surface area contributed by atoms with E-state index in [2.05, 4.69) is 4.98 Å². The van der Waals surface area contributed by atoms with E-state index in [1.807, 2.05) is 57.7 Å². The fraction of sp³-hybridized carbons (Fsp3) is 0.700. The molecule has 156 valence electrons. The van der Waals surface area contributed by atoms with Crippen molar-refractivity contribution in [2.24, 2.45) is 0 Å². The molecule has 1 fully saturated rings. The lowest BCUT2D eigenvalue weighted by atomic mass is 10.0. The molecule has 0 radical (unpaired) electrons. The molecule has 0 spiro atoms. The zero-order valence-corrected chi connectivity index (χ0v) is 18.1. The van der Waals surface area contributed by atoms with Crippen LogP contribution in [0, 0.1) is 0 Å². The number of ether oxygens (including phenoxy) is 1. The maximum absolute atomic E-state index is 12.3. The number of hydrogen-bond acceptors (Lipinski definition) is 6. The highest BCUT2D eigenvalue weighted by Crippen LogP contribution is 2.29. The lowest BCUT2D eigenvalue weighted by Gasteiger charge is -2.22. The van der Waals surface area contributed by atoms with E-state index in [4.69, 9.17) is 9.72 Å². The molecule has 1 saturated heterocycles. The van der Waals surface area contributed by atoms with E-state index in [-0.39, 0.29) is 36.5 Å². The predicted octanol–water partition coefficient (Wildman–Crippen LogP) is 1.65. The maximum atomic E-state index is 12.3. The van der Waals surface area contributed by atoms with Gasteiger partial charge in [-0.1, -0.05) is 0 Å². The minimum Gasteiger partial charge on any atom is -0.369 e. The summed E-state index contributed by atoms with van der Waals surface area (Å²) < 4.78 is 5.39. The molecule has 1 aromatic heterocycles. The molecule has 1 aliphatic heterocycles. The van der Waals surface area contributed by atoms with E-state index >= 15 is 0 Å². The van der Waals surface area contributed by atoms with Crippen molar-refractivity contribution in [3.8, 4) is 0 Å². The number of carbonyl (C=O) groups is 2. The van der Waals surface area contributed by atoms with Crippen LogP contribution in [0.25, 0.3) is 0 Å². The van der Waals surface area contributed by atoms with Crippen molar-refractivity contribution in [1.82, 2.24) is 19.8 Å². The summed E-state index contributed by atoms with van der Waals surface area (Å²) in [4.78, 5) is 39.2. The van der Waals surface area contributed by atoms with Gasteiger partial charge in [-0.2, -0.15) is 0 Å². The number of rotatable bonds is 8. The van der Waals surface area contributed by atoms with Crippen molar-refractivity contribution in [3.63, 3.8) is 0 Å². The van der Waals surface area contributed by atoms with Gasteiger partial charge in [0.15, 0.2) is 0 Å². The van der Waals surface area contributed by atoms with Crippen LogP contribution in [0.4, 0.5) is 5.82 Å². The van der Waals surface area contributed by atoms with Gasteiger partial charge < -0.3 is 19.4 Å². The lowest BCUT2D eigenvalue weighted by molar-refractivity contribution is -0.136. The van der Waals surface area contributed by atoms with Gasteiger partial charge in [0.2, 0.25) is 11.8 Å². The number of hydrogen-bond donors (Lipinski definition) is 0.